The number of hydrogen-bond donors (Lipinski definition) is 2. The number of sulfonamides is 1. The molecule has 0 unspecified atom stereocenters. The predicted molar refractivity (Wildman–Crippen MR) is 108 cm³/mol. The molecule has 1 fully saturated rings. The molecule has 4 nitrogen and oxygen atoms in total. The van der Waals surface area contributed by atoms with Crippen molar-refractivity contribution >= 4 is 10.0 Å². The Labute approximate surface area is 176 Å². The van der Waals surface area contributed by atoms with Crippen molar-refractivity contribution in [2.24, 2.45) is 5.73 Å². The van der Waals surface area contributed by atoms with E-state index in [1.165, 1.54) is 11.1 Å². The number of benzene rings is 2. The van der Waals surface area contributed by atoms with Gasteiger partial charge in [0.05, 0.1) is 4.90 Å². The molecule has 2 aromatic carbocycles. The molecule has 2 atom stereocenters. The number of nitrogens with one attached hydrogen (secondary N) is 1. The van der Waals surface area contributed by atoms with E-state index in [0.717, 1.165) is 31.2 Å². The first-order valence-corrected chi connectivity index (χ1v) is 10.6. The van der Waals surface area contributed by atoms with Crippen molar-refractivity contribution in [3.8, 4) is 0 Å². The second-order valence-electron chi connectivity index (χ2n) is 7.14. The first-order chi connectivity index (χ1) is 12.3. The summed E-state index contributed by atoms with van der Waals surface area (Å²) in [4.78, 5) is 0.311. The summed E-state index contributed by atoms with van der Waals surface area (Å²) in [5, 5.41) is 0. The molecular formula is C21H30N2O2RuS. The van der Waals surface area contributed by atoms with E-state index >= 15 is 0 Å². The summed E-state index contributed by atoms with van der Waals surface area (Å²) < 4.78 is 27.1. The van der Waals surface area contributed by atoms with Crippen LogP contribution in [-0.4, -0.2) is 20.5 Å². The largest absolute Gasteiger partial charge is 0.326 e. The van der Waals surface area contributed by atoms with Gasteiger partial charge in [0.25, 0.3) is 0 Å². The molecule has 1 aliphatic rings. The molecule has 150 valence electrons. The molecule has 1 aliphatic carbocycles. The Bertz CT molecular complexity index is 769. The minimum Gasteiger partial charge on any atom is -0.326 e. The van der Waals surface area contributed by atoms with Gasteiger partial charge in [-0.1, -0.05) is 65.9 Å². The van der Waals surface area contributed by atoms with Crippen LogP contribution in [0.4, 0.5) is 0 Å². The van der Waals surface area contributed by atoms with Crippen LogP contribution in [0.15, 0.2) is 53.4 Å². The first-order valence-electron chi connectivity index (χ1n) is 9.16. The van der Waals surface area contributed by atoms with Crippen LogP contribution in [0.25, 0.3) is 0 Å². The Balaban J connectivity index is 0.000000342. The normalized spacial score (nSPS) is 19.4. The van der Waals surface area contributed by atoms with Gasteiger partial charge in [-0.25, -0.2) is 13.1 Å². The maximum atomic E-state index is 12.2. The van der Waals surface area contributed by atoms with Gasteiger partial charge >= 0.3 is 0 Å². The van der Waals surface area contributed by atoms with Crippen LogP contribution in [0.5, 0.6) is 0 Å². The maximum absolute atomic E-state index is 12.2. The molecule has 0 bridgehead atoms. The average molecular weight is 476 g/mol. The van der Waals surface area contributed by atoms with Gasteiger partial charge in [-0.15, -0.1) is 0 Å². The van der Waals surface area contributed by atoms with Crippen LogP contribution in [0.3, 0.4) is 0 Å². The molecule has 0 heterocycles. The third-order valence-corrected chi connectivity index (χ3v) is 6.18. The Hall–Kier alpha value is -1.07. The fourth-order valence-corrected chi connectivity index (χ4v) is 4.25. The fourth-order valence-electron chi connectivity index (χ4n) is 2.93. The van der Waals surface area contributed by atoms with Crippen LogP contribution in [-0.2, 0) is 29.5 Å². The summed E-state index contributed by atoms with van der Waals surface area (Å²) >= 11 is 0. The van der Waals surface area contributed by atoms with E-state index in [4.69, 9.17) is 5.73 Å². The minimum atomic E-state index is -3.44. The van der Waals surface area contributed by atoms with Gasteiger partial charge in [0.15, 0.2) is 0 Å². The standard InChI is InChI=1S/C13H20N2O2S.C8H10.Ru/c1-10-6-8-11(9-7-10)18(16,17)15-13-5-3-2-4-12(13)14;1-7-3-5-8(2)6-4-7;/h6-9,12-13,15H,2-5,14H2,1H3;3-6H,1-2H3;/t12-,13-;;/m1../s1. The van der Waals surface area contributed by atoms with Crippen LogP contribution >= 0.6 is 0 Å². The monoisotopic (exact) mass is 476 g/mol. The van der Waals surface area contributed by atoms with Crippen molar-refractivity contribution in [1.29, 1.82) is 0 Å². The first kappa shape index (κ1) is 24.0. The molecule has 0 spiro atoms. The SMILES string of the molecule is Cc1ccc(C)cc1.Cc1ccc(S(=O)(=O)N[C@@H]2CCCC[C@H]2N)cc1.[Ru]. The van der Waals surface area contributed by atoms with Crippen molar-refractivity contribution in [2.45, 2.75) is 63.4 Å². The van der Waals surface area contributed by atoms with E-state index < -0.39 is 10.0 Å². The minimum absolute atomic E-state index is 0. The quantitative estimate of drug-likeness (QED) is 0.663. The Morgan fingerprint density at radius 3 is 1.67 bits per heavy atom. The van der Waals surface area contributed by atoms with Crippen molar-refractivity contribution in [1.82, 2.24) is 4.72 Å². The van der Waals surface area contributed by atoms with Gasteiger partial charge in [-0.2, -0.15) is 0 Å². The molecule has 2 aromatic rings. The number of nitrogens with two attached hydrogens (primary N) is 1. The van der Waals surface area contributed by atoms with Crippen molar-refractivity contribution < 1.29 is 27.9 Å². The molecule has 0 amide bonds. The molecule has 27 heavy (non-hydrogen) atoms. The zero-order valence-corrected chi connectivity index (χ0v) is 18.8. The molecule has 1 saturated carbocycles. The fraction of sp³-hybridized carbons (Fsp3) is 0.429. The Morgan fingerprint density at radius 2 is 1.22 bits per heavy atom. The van der Waals surface area contributed by atoms with Gasteiger partial charge < -0.3 is 5.73 Å². The van der Waals surface area contributed by atoms with E-state index in [-0.39, 0.29) is 31.6 Å². The molecule has 6 heteroatoms. The summed E-state index contributed by atoms with van der Waals surface area (Å²) in [5.41, 5.74) is 9.66. The maximum Gasteiger partial charge on any atom is 0.240 e. The molecule has 0 radical (unpaired) electrons. The Morgan fingerprint density at radius 1 is 0.815 bits per heavy atom. The van der Waals surface area contributed by atoms with Gasteiger partial charge in [0.1, 0.15) is 0 Å². The molecule has 0 aliphatic heterocycles. The Kier molecular flexibility index (Phi) is 9.82. The van der Waals surface area contributed by atoms with Crippen LogP contribution in [0.2, 0.25) is 0 Å². The summed E-state index contributed by atoms with van der Waals surface area (Å²) in [5.74, 6) is 0. The number of rotatable bonds is 3. The summed E-state index contributed by atoms with van der Waals surface area (Å²) in [6, 6.07) is 15.1. The van der Waals surface area contributed by atoms with Gasteiger partial charge in [-0.05, 0) is 45.7 Å². The second kappa shape index (κ2) is 11.1. The van der Waals surface area contributed by atoms with Gasteiger partial charge in [0, 0.05) is 31.6 Å². The third-order valence-electron chi connectivity index (χ3n) is 4.68. The van der Waals surface area contributed by atoms with Gasteiger partial charge in [0.2, 0.25) is 10.0 Å². The van der Waals surface area contributed by atoms with E-state index in [0.29, 0.717) is 4.90 Å². The topological polar surface area (TPSA) is 72.2 Å². The number of hydrogen-bond acceptors (Lipinski definition) is 3. The summed E-state index contributed by atoms with van der Waals surface area (Å²) in [7, 11) is -3.44. The van der Waals surface area contributed by atoms with E-state index in [2.05, 4.69) is 42.8 Å². The van der Waals surface area contributed by atoms with Crippen LogP contribution < -0.4 is 10.5 Å². The van der Waals surface area contributed by atoms with E-state index in [1.54, 1.807) is 24.3 Å². The zero-order valence-electron chi connectivity index (χ0n) is 16.3. The average Bonchev–Trinajstić information content (AvgIpc) is 2.60. The van der Waals surface area contributed by atoms with E-state index in [1.807, 2.05) is 6.92 Å². The molecular weight excluding hydrogens is 445 g/mol. The molecule has 0 aromatic heterocycles. The second-order valence-corrected chi connectivity index (χ2v) is 8.86. The van der Waals surface area contributed by atoms with Crippen molar-refractivity contribution in [3.63, 3.8) is 0 Å². The summed E-state index contributed by atoms with van der Waals surface area (Å²) in [6.07, 6.45) is 3.84. The van der Waals surface area contributed by atoms with Crippen molar-refractivity contribution in [3.05, 3.63) is 65.2 Å². The summed E-state index contributed by atoms with van der Waals surface area (Å²) in [6.45, 7) is 6.12. The molecule has 3 N–H and O–H groups in total. The zero-order chi connectivity index (χ0) is 19.2. The van der Waals surface area contributed by atoms with Crippen LogP contribution in [0.1, 0.15) is 42.4 Å². The molecule has 0 saturated heterocycles. The number of aryl methyl sites for hydroxylation is 3. The van der Waals surface area contributed by atoms with Gasteiger partial charge in [-0.3, -0.25) is 0 Å². The molecule has 3 rings (SSSR count). The van der Waals surface area contributed by atoms with E-state index in [9.17, 15) is 8.42 Å². The predicted octanol–water partition coefficient (Wildman–Crippen LogP) is 3.84. The van der Waals surface area contributed by atoms with Crippen molar-refractivity contribution in [2.75, 3.05) is 0 Å². The van der Waals surface area contributed by atoms with Crippen LogP contribution in [0, 0.1) is 20.8 Å². The smallest absolute Gasteiger partial charge is 0.240 e. The third kappa shape index (κ3) is 7.83.